The second kappa shape index (κ2) is 7.74. The minimum atomic E-state index is 0.255. The van der Waals surface area contributed by atoms with E-state index < -0.39 is 0 Å². The third-order valence-electron chi connectivity index (χ3n) is 5.18. The van der Waals surface area contributed by atoms with Crippen molar-refractivity contribution in [1.29, 1.82) is 0 Å². The van der Waals surface area contributed by atoms with E-state index in [1.54, 1.807) is 0 Å². The molecule has 2 aliphatic heterocycles. The highest BCUT2D eigenvalue weighted by atomic mass is 16.6. The predicted molar refractivity (Wildman–Crippen MR) is 79.9 cm³/mol. The molecule has 0 aromatic carbocycles. The quantitative estimate of drug-likeness (QED) is 0.823. The van der Waals surface area contributed by atoms with Crippen LogP contribution < -0.4 is 10.6 Å². The topological polar surface area (TPSA) is 42.5 Å². The molecule has 2 saturated heterocycles. The van der Waals surface area contributed by atoms with Gasteiger partial charge in [0.15, 0.2) is 0 Å². The van der Waals surface area contributed by atoms with Crippen molar-refractivity contribution in [3.05, 3.63) is 0 Å². The lowest BCUT2D eigenvalue weighted by molar-refractivity contribution is -0.0879. The molecule has 2 N–H and O–H groups in total. The number of rotatable bonds is 4. The van der Waals surface area contributed by atoms with Crippen LogP contribution in [0.25, 0.3) is 0 Å². The number of hydrogen-bond acceptors (Lipinski definition) is 4. The molecule has 0 spiro atoms. The van der Waals surface area contributed by atoms with Gasteiger partial charge in [-0.2, -0.15) is 0 Å². The molecule has 2 heterocycles. The summed E-state index contributed by atoms with van der Waals surface area (Å²) in [6.07, 6.45) is 9.88. The van der Waals surface area contributed by atoms with Gasteiger partial charge in [0, 0.05) is 18.6 Å². The molecule has 0 aromatic heterocycles. The van der Waals surface area contributed by atoms with E-state index in [0.717, 1.165) is 38.3 Å². The maximum absolute atomic E-state index is 5.75. The van der Waals surface area contributed by atoms with Crippen LogP contribution in [0.1, 0.15) is 44.9 Å². The zero-order valence-corrected chi connectivity index (χ0v) is 12.6. The highest BCUT2D eigenvalue weighted by molar-refractivity contribution is 4.91. The summed E-state index contributed by atoms with van der Waals surface area (Å²) in [4.78, 5) is 0. The van der Waals surface area contributed by atoms with Crippen LogP contribution in [0.4, 0.5) is 0 Å². The number of piperidine rings is 1. The second-order valence-electron chi connectivity index (χ2n) is 6.59. The summed E-state index contributed by atoms with van der Waals surface area (Å²) in [5.41, 5.74) is 0. The van der Waals surface area contributed by atoms with E-state index in [2.05, 4.69) is 10.6 Å². The molecular formula is C16H30N2O2. The third-order valence-corrected chi connectivity index (χ3v) is 5.18. The fourth-order valence-corrected chi connectivity index (χ4v) is 4.08. The van der Waals surface area contributed by atoms with Crippen molar-refractivity contribution in [2.24, 2.45) is 5.92 Å². The first-order valence-corrected chi connectivity index (χ1v) is 8.59. The SMILES string of the molecule is C1CCC(C2CCCCC2NCC2COCCO2)NC1. The Hall–Kier alpha value is -0.160. The largest absolute Gasteiger partial charge is 0.376 e. The van der Waals surface area contributed by atoms with Gasteiger partial charge in [0.05, 0.1) is 25.9 Å². The minimum Gasteiger partial charge on any atom is -0.376 e. The van der Waals surface area contributed by atoms with Crippen LogP contribution in [0.15, 0.2) is 0 Å². The van der Waals surface area contributed by atoms with E-state index in [9.17, 15) is 0 Å². The fraction of sp³-hybridized carbons (Fsp3) is 1.00. The molecule has 1 saturated carbocycles. The van der Waals surface area contributed by atoms with E-state index >= 15 is 0 Å². The summed E-state index contributed by atoms with van der Waals surface area (Å²) in [6, 6.07) is 1.41. The van der Waals surface area contributed by atoms with Crippen LogP contribution in [0.5, 0.6) is 0 Å². The van der Waals surface area contributed by atoms with E-state index in [0.29, 0.717) is 6.04 Å². The molecule has 4 heteroatoms. The average Bonchev–Trinajstić information content (AvgIpc) is 2.55. The molecule has 0 aromatic rings. The molecule has 0 bridgehead atoms. The Labute approximate surface area is 123 Å². The number of ether oxygens (including phenoxy) is 2. The van der Waals surface area contributed by atoms with Crippen LogP contribution in [0.2, 0.25) is 0 Å². The van der Waals surface area contributed by atoms with E-state index in [4.69, 9.17) is 9.47 Å². The van der Waals surface area contributed by atoms with Gasteiger partial charge in [-0.1, -0.05) is 19.3 Å². The lowest BCUT2D eigenvalue weighted by Crippen LogP contribution is -2.52. The molecular weight excluding hydrogens is 252 g/mol. The van der Waals surface area contributed by atoms with Crippen LogP contribution >= 0.6 is 0 Å². The van der Waals surface area contributed by atoms with Gasteiger partial charge in [-0.3, -0.25) is 0 Å². The maximum atomic E-state index is 5.75. The van der Waals surface area contributed by atoms with Crippen molar-refractivity contribution >= 4 is 0 Å². The lowest BCUT2D eigenvalue weighted by atomic mass is 9.77. The lowest BCUT2D eigenvalue weighted by Gasteiger charge is -2.40. The zero-order valence-electron chi connectivity index (χ0n) is 12.6. The predicted octanol–water partition coefficient (Wildman–Crippen LogP) is 1.69. The summed E-state index contributed by atoms with van der Waals surface area (Å²) in [7, 11) is 0. The van der Waals surface area contributed by atoms with Gasteiger partial charge >= 0.3 is 0 Å². The van der Waals surface area contributed by atoms with Crippen molar-refractivity contribution < 1.29 is 9.47 Å². The molecule has 4 nitrogen and oxygen atoms in total. The van der Waals surface area contributed by atoms with E-state index in [-0.39, 0.29) is 6.10 Å². The molecule has 0 radical (unpaired) electrons. The molecule has 3 aliphatic rings. The van der Waals surface area contributed by atoms with Crippen LogP contribution in [0.3, 0.4) is 0 Å². The minimum absolute atomic E-state index is 0.255. The highest BCUT2D eigenvalue weighted by Crippen LogP contribution is 2.30. The molecule has 3 rings (SSSR count). The summed E-state index contributed by atoms with van der Waals surface area (Å²) < 4.78 is 11.2. The van der Waals surface area contributed by atoms with Gasteiger partial charge in [-0.25, -0.2) is 0 Å². The Kier molecular flexibility index (Phi) is 5.71. The van der Waals surface area contributed by atoms with Gasteiger partial charge in [-0.05, 0) is 38.1 Å². The first-order chi connectivity index (χ1) is 9.93. The van der Waals surface area contributed by atoms with Crippen molar-refractivity contribution in [3.8, 4) is 0 Å². The summed E-state index contributed by atoms with van der Waals surface area (Å²) in [5, 5.41) is 7.55. The first kappa shape index (κ1) is 14.8. The van der Waals surface area contributed by atoms with Gasteiger partial charge < -0.3 is 20.1 Å². The Balaban J connectivity index is 1.49. The van der Waals surface area contributed by atoms with Gasteiger partial charge in [-0.15, -0.1) is 0 Å². The van der Waals surface area contributed by atoms with Crippen LogP contribution in [-0.2, 0) is 9.47 Å². The second-order valence-corrected chi connectivity index (χ2v) is 6.59. The van der Waals surface area contributed by atoms with E-state index in [1.165, 1.54) is 51.5 Å². The first-order valence-electron chi connectivity index (χ1n) is 8.59. The molecule has 0 amide bonds. The molecule has 4 unspecified atom stereocenters. The van der Waals surface area contributed by atoms with E-state index in [1.807, 2.05) is 0 Å². The molecule has 20 heavy (non-hydrogen) atoms. The summed E-state index contributed by atoms with van der Waals surface area (Å²) >= 11 is 0. The van der Waals surface area contributed by atoms with Crippen molar-refractivity contribution in [1.82, 2.24) is 10.6 Å². The standard InChI is InChI=1S/C16H30N2O2/c1-2-6-16(18-11-13-12-19-9-10-20-13)14(5-1)15-7-3-4-8-17-15/h13-18H,1-12H2. The summed E-state index contributed by atoms with van der Waals surface area (Å²) in [5.74, 6) is 0.813. The van der Waals surface area contributed by atoms with Crippen LogP contribution in [-0.4, -0.2) is 51.1 Å². The molecule has 4 atom stereocenters. The van der Waals surface area contributed by atoms with Gasteiger partial charge in [0.1, 0.15) is 0 Å². The zero-order chi connectivity index (χ0) is 13.6. The number of hydrogen-bond donors (Lipinski definition) is 2. The van der Waals surface area contributed by atoms with Crippen molar-refractivity contribution in [3.63, 3.8) is 0 Å². The Morgan fingerprint density at radius 2 is 1.90 bits per heavy atom. The normalized spacial score (nSPS) is 39.6. The molecule has 116 valence electrons. The average molecular weight is 282 g/mol. The monoisotopic (exact) mass is 282 g/mol. The smallest absolute Gasteiger partial charge is 0.0933 e. The van der Waals surface area contributed by atoms with Gasteiger partial charge in [0.25, 0.3) is 0 Å². The Bertz CT molecular complexity index is 276. The summed E-state index contributed by atoms with van der Waals surface area (Å²) in [6.45, 7) is 4.44. The van der Waals surface area contributed by atoms with Crippen LogP contribution in [0, 0.1) is 5.92 Å². The van der Waals surface area contributed by atoms with Crippen molar-refractivity contribution in [2.75, 3.05) is 32.9 Å². The Morgan fingerprint density at radius 3 is 2.70 bits per heavy atom. The van der Waals surface area contributed by atoms with Crippen molar-refractivity contribution in [2.45, 2.75) is 63.1 Å². The highest BCUT2D eigenvalue weighted by Gasteiger charge is 2.32. The fourth-order valence-electron chi connectivity index (χ4n) is 4.08. The Morgan fingerprint density at radius 1 is 1.00 bits per heavy atom. The maximum Gasteiger partial charge on any atom is 0.0933 e. The van der Waals surface area contributed by atoms with Gasteiger partial charge in [0.2, 0.25) is 0 Å². The number of nitrogens with one attached hydrogen (secondary N) is 2. The molecule has 1 aliphatic carbocycles. The molecule has 3 fully saturated rings. The third kappa shape index (κ3) is 3.94.